The maximum Gasteiger partial charge on any atom is 0.243 e. The molecule has 3 fully saturated rings. The van der Waals surface area contributed by atoms with Crippen molar-refractivity contribution in [1.82, 2.24) is 35.4 Å². The lowest BCUT2D eigenvalue weighted by molar-refractivity contribution is -0.142. The molecule has 5 rings (SSSR count). The van der Waals surface area contributed by atoms with Crippen molar-refractivity contribution < 1.29 is 23.9 Å². The molecule has 0 unspecified atom stereocenters. The van der Waals surface area contributed by atoms with E-state index in [1.165, 1.54) is 12.1 Å². The monoisotopic (exact) mass is 527 g/mol. The Morgan fingerprint density at radius 1 is 1.05 bits per heavy atom. The summed E-state index contributed by atoms with van der Waals surface area (Å²) in [6.07, 6.45) is 1.30. The third-order valence-corrected chi connectivity index (χ3v) is 7.88. The van der Waals surface area contributed by atoms with Gasteiger partial charge in [0.1, 0.15) is 17.6 Å². The Morgan fingerprint density at radius 2 is 1.79 bits per heavy atom. The Bertz CT molecular complexity index is 1200. The summed E-state index contributed by atoms with van der Waals surface area (Å²) in [4.78, 5) is 43.6. The van der Waals surface area contributed by atoms with Crippen LogP contribution in [-0.4, -0.2) is 97.0 Å². The molecule has 3 aliphatic heterocycles. The average Bonchev–Trinajstić information content (AvgIpc) is 3.61. The third kappa shape index (κ3) is 5.14. The topological polar surface area (TPSA) is 133 Å². The molecule has 204 valence electrons. The van der Waals surface area contributed by atoms with E-state index >= 15 is 0 Å². The molecule has 2 aromatic rings. The molecule has 3 amide bonds. The SMILES string of the molecule is CC(C)N1C[C@@H]2C[C@H]1C(=O)N1C[C@@H](n3cc(-c4ccc(F)cc4)nn3)C[C@H]1C(=O)N[C@@H](C)[C@@H](O)CC(=O)N2. The predicted molar refractivity (Wildman–Crippen MR) is 135 cm³/mol. The summed E-state index contributed by atoms with van der Waals surface area (Å²) in [6.45, 7) is 6.43. The number of carbonyl (C=O) groups is 3. The summed E-state index contributed by atoms with van der Waals surface area (Å²) >= 11 is 0. The third-order valence-electron chi connectivity index (χ3n) is 7.88. The second kappa shape index (κ2) is 10.4. The molecular weight excluding hydrogens is 493 g/mol. The number of nitrogens with zero attached hydrogens (tertiary/aromatic N) is 5. The highest BCUT2D eigenvalue weighted by molar-refractivity contribution is 5.91. The lowest BCUT2D eigenvalue weighted by atomic mass is 10.1. The molecular formula is C26H34FN7O4. The fourth-order valence-electron chi connectivity index (χ4n) is 5.75. The highest BCUT2D eigenvalue weighted by Gasteiger charge is 2.47. The van der Waals surface area contributed by atoms with Gasteiger partial charge in [0, 0.05) is 37.2 Å². The van der Waals surface area contributed by atoms with Crippen molar-refractivity contribution in [2.24, 2.45) is 0 Å². The van der Waals surface area contributed by atoms with Gasteiger partial charge in [-0.25, -0.2) is 9.07 Å². The normalized spacial score (nSPS) is 30.9. The zero-order valence-corrected chi connectivity index (χ0v) is 21.7. The Morgan fingerprint density at radius 3 is 2.50 bits per heavy atom. The number of rotatable bonds is 3. The van der Waals surface area contributed by atoms with Crippen molar-refractivity contribution in [3.05, 3.63) is 36.3 Å². The number of carbonyl (C=O) groups excluding carboxylic acids is 3. The van der Waals surface area contributed by atoms with Crippen LogP contribution < -0.4 is 10.6 Å². The highest BCUT2D eigenvalue weighted by atomic mass is 19.1. The molecule has 3 saturated heterocycles. The fraction of sp³-hybridized carbons (Fsp3) is 0.577. The van der Waals surface area contributed by atoms with Crippen LogP contribution in [0.1, 0.15) is 46.1 Å². The number of amides is 3. The number of aliphatic hydroxyl groups excluding tert-OH is 1. The molecule has 0 aliphatic carbocycles. The average molecular weight is 528 g/mol. The zero-order valence-electron chi connectivity index (χ0n) is 21.7. The van der Waals surface area contributed by atoms with Crippen LogP contribution in [-0.2, 0) is 14.4 Å². The number of hydrogen-bond donors (Lipinski definition) is 3. The van der Waals surface area contributed by atoms with Crippen LogP contribution in [0.15, 0.2) is 30.5 Å². The second-order valence-corrected chi connectivity index (χ2v) is 10.9. The maximum atomic E-state index is 14.0. The molecule has 0 radical (unpaired) electrons. The molecule has 1 aromatic heterocycles. The summed E-state index contributed by atoms with van der Waals surface area (Å²) in [6, 6.07) is 3.56. The minimum Gasteiger partial charge on any atom is -0.390 e. The quantitative estimate of drug-likeness (QED) is 0.528. The lowest BCUT2D eigenvalue weighted by Crippen LogP contribution is -2.55. The van der Waals surface area contributed by atoms with Gasteiger partial charge in [0.25, 0.3) is 0 Å². The summed E-state index contributed by atoms with van der Waals surface area (Å²) in [5.41, 5.74) is 1.27. The first-order chi connectivity index (χ1) is 18.1. The van der Waals surface area contributed by atoms with E-state index in [0.717, 1.165) is 0 Å². The van der Waals surface area contributed by atoms with E-state index in [1.54, 1.807) is 34.8 Å². The molecule has 0 saturated carbocycles. The van der Waals surface area contributed by atoms with Gasteiger partial charge < -0.3 is 20.6 Å². The standard InChI is InChI=1S/C26H34FN7O4/c1-14(2)32-11-18-8-22(32)26(38)33-12-19(34-13-20(30-31-34)16-4-6-17(27)7-5-16)9-21(33)25(37)28-15(3)23(35)10-24(36)29-18/h4-7,13-15,18-19,21-23,35H,8-12H2,1-3H3,(H,28,37)(H,29,36)/t15-,18-,19-,21-,22-,23-/m0/s1. The summed E-state index contributed by atoms with van der Waals surface area (Å²) in [5.74, 6) is -1.19. The van der Waals surface area contributed by atoms with Crippen LogP contribution in [0.2, 0.25) is 0 Å². The van der Waals surface area contributed by atoms with Crippen LogP contribution >= 0.6 is 0 Å². The fourth-order valence-corrected chi connectivity index (χ4v) is 5.75. The van der Waals surface area contributed by atoms with Gasteiger partial charge in [-0.2, -0.15) is 0 Å². The van der Waals surface area contributed by atoms with E-state index in [4.69, 9.17) is 0 Å². The number of benzene rings is 1. The zero-order chi connectivity index (χ0) is 27.1. The van der Waals surface area contributed by atoms with E-state index in [9.17, 15) is 23.9 Å². The summed E-state index contributed by atoms with van der Waals surface area (Å²) in [5, 5.41) is 24.8. The van der Waals surface area contributed by atoms with Crippen molar-refractivity contribution >= 4 is 17.7 Å². The summed E-state index contributed by atoms with van der Waals surface area (Å²) in [7, 11) is 0. The minimum atomic E-state index is -1.06. The first-order valence-corrected chi connectivity index (χ1v) is 13.1. The number of likely N-dealkylation sites (tertiary alicyclic amines) is 1. The van der Waals surface area contributed by atoms with Crippen LogP contribution in [0.4, 0.5) is 4.39 Å². The number of fused-ring (bicyclic) bond motifs is 3. The second-order valence-electron chi connectivity index (χ2n) is 10.9. The van der Waals surface area contributed by atoms with Crippen molar-refractivity contribution in [2.45, 2.75) is 82.4 Å². The Labute approximate surface area is 220 Å². The summed E-state index contributed by atoms with van der Waals surface area (Å²) < 4.78 is 15.0. The van der Waals surface area contributed by atoms with Crippen molar-refractivity contribution in [1.29, 1.82) is 0 Å². The highest BCUT2D eigenvalue weighted by Crippen LogP contribution is 2.32. The lowest BCUT2D eigenvalue weighted by Gasteiger charge is -2.33. The van der Waals surface area contributed by atoms with Gasteiger partial charge >= 0.3 is 0 Å². The number of aliphatic hydroxyl groups is 1. The van der Waals surface area contributed by atoms with Gasteiger partial charge in [0.05, 0.1) is 36.8 Å². The molecule has 38 heavy (non-hydrogen) atoms. The van der Waals surface area contributed by atoms with Crippen molar-refractivity contribution in [3.8, 4) is 11.3 Å². The number of halogens is 1. The van der Waals surface area contributed by atoms with Crippen molar-refractivity contribution in [3.63, 3.8) is 0 Å². The van der Waals surface area contributed by atoms with E-state index in [0.29, 0.717) is 30.6 Å². The van der Waals surface area contributed by atoms with E-state index < -0.39 is 24.2 Å². The Balaban J connectivity index is 1.44. The van der Waals surface area contributed by atoms with E-state index in [2.05, 4.69) is 25.8 Å². The first-order valence-electron chi connectivity index (χ1n) is 13.1. The van der Waals surface area contributed by atoms with Crippen molar-refractivity contribution in [2.75, 3.05) is 13.1 Å². The first kappa shape index (κ1) is 26.2. The smallest absolute Gasteiger partial charge is 0.243 e. The Hall–Kier alpha value is -3.38. The molecule has 6 atom stereocenters. The van der Waals surface area contributed by atoms with Gasteiger partial charge in [0.2, 0.25) is 17.7 Å². The molecule has 1 aromatic carbocycles. The van der Waals surface area contributed by atoms with Gasteiger partial charge in [0.15, 0.2) is 0 Å². The Kier molecular flexibility index (Phi) is 7.19. The largest absolute Gasteiger partial charge is 0.390 e. The number of aromatic nitrogens is 3. The van der Waals surface area contributed by atoms with Gasteiger partial charge in [-0.15, -0.1) is 5.10 Å². The molecule has 4 heterocycles. The van der Waals surface area contributed by atoms with Crippen LogP contribution in [0, 0.1) is 5.82 Å². The van der Waals surface area contributed by atoms with E-state index in [-0.39, 0.29) is 54.6 Å². The minimum absolute atomic E-state index is 0.0589. The predicted octanol–water partition coefficient (Wildman–Crippen LogP) is 0.463. The van der Waals surface area contributed by atoms with Gasteiger partial charge in [-0.3, -0.25) is 19.3 Å². The molecule has 0 spiro atoms. The van der Waals surface area contributed by atoms with Gasteiger partial charge in [-0.05, 0) is 51.5 Å². The molecule has 11 nitrogen and oxygen atoms in total. The molecule has 2 bridgehead atoms. The van der Waals surface area contributed by atoms with Gasteiger partial charge in [-0.1, -0.05) is 5.21 Å². The van der Waals surface area contributed by atoms with E-state index in [1.807, 2.05) is 13.8 Å². The number of nitrogens with one attached hydrogen (secondary N) is 2. The van der Waals surface area contributed by atoms with Crippen LogP contribution in [0.25, 0.3) is 11.3 Å². The molecule has 3 N–H and O–H groups in total. The molecule has 12 heteroatoms. The maximum absolute atomic E-state index is 14.0. The van der Waals surface area contributed by atoms with Crippen LogP contribution in [0.3, 0.4) is 0 Å². The molecule has 3 aliphatic rings. The van der Waals surface area contributed by atoms with Crippen LogP contribution in [0.5, 0.6) is 0 Å². The number of hydrogen-bond acceptors (Lipinski definition) is 7.